The molecule has 0 spiro atoms. The molecule has 0 saturated carbocycles. The standard InChI is InChI=1S/C18H12ClF5N2O3S.C3H8O2/c19-10-5-7(11(20)6-12(10)21)13-9(18(22,23)24)4-8-14(15(13)30-3-1-2-27)25-17(29)26-16(8)28;1-5-3-2-4/h4-6,27H,1-3H2,(H2,25,26,28,29);4H,2-3H2,1H3. The van der Waals surface area contributed by atoms with E-state index in [1.807, 2.05) is 4.98 Å². The van der Waals surface area contributed by atoms with Gasteiger partial charge in [-0.05, 0) is 18.6 Å². The summed E-state index contributed by atoms with van der Waals surface area (Å²) in [5, 5.41) is 15.9. The Morgan fingerprint density at radius 3 is 2.29 bits per heavy atom. The van der Waals surface area contributed by atoms with Crippen LogP contribution in [0.25, 0.3) is 22.0 Å². The minimum absolute atomic E-state index is 0.0886. The molecule has 0 aliphatic rings. The normalized spacial score (nSPS) is 11.5. The lowest BCUT2D eigenvalue weighted by molar-refractivity contribution is -0.137. The van der Waals surface area contributed by atoms with Crippen molar-refractivity contribution in [3.05, 3.63) is 61.3 Å². The number of halogens is 6. The van der Waals surface area contributed by atoms with Gasteiger partial charge < -0.3 is 19.9 Å². The Morgan fingerprint density at radius 1 is 1.06 bits per heavy atom. The van der Waals surface area contributed by atoms with Crippen LogP contribution in [0.3, 0.4) is 0 Å². The fourth-order valence-corrected chi connectivity index (χ4v) is 4.27. The van der Waals surface area contributed by atoms with Gasteiger partial charge in [-0.2, -0.15) is 13.2 Å². The van der Waals surface area contributed by atoms with Crippen molar-refractivity contribution in [1.29, 1.82) is 0 Å². The number of aromatic nitrogens is 2. The van der Waals surface area contributed by atoms with Crippen molar-refractivity contribution in [2.75, 3.05) is 32.7 Å². The number of thioether (sulfide) groups is 1. The molecule has 0 saturated heterocycles. The molecule has 1 aromatic heterocycles. The molecule has 0 amide bonds. The molecule has 3 aromatic rings. The lowest BCUT2D eigenvalue weighted by Gasteiger charge is -2.20. The van der Waals surface area contributed by atoms with Crippen LogP contribution >= 0.6 is 23.4 Å². The van der Waals surface area contributed by atoms with E-state index in [-0.39, 0.29) is 35.8 Å². The highest BCUT2D eigenvalue weighted by Gasteiger charge is 2.37. The maximum absolute atomic E-state index is 14.6. The molecule has 35 heavy (non-hydrogen) atoms. The summed E-state index contributed by atoms with van der Waals surface area (Å²) in [5.74, 6) is -2.38. The topological polar surface area (TPSA) is 115 Å². The highest BCUT2D eigenvalue weighted by molar-refractivity contribution is 7.99. The largest absolute Gasteiger partial charge is 0.417 e. The molecule has 2 aromatic carbocycles. The molecule has 4 N–H and O–H groups in total. The van der Waals surface area contributed by atoms with Crippen molar-refractivity contribution >= 4 is 34.3 Å². The number of nitrogens with one attached hydrogen (secondary N) is 2. The molecule has 0 fully saturated rings. The molecule has 0 radical (unpaired) electrons. The van der Waals surface area contributed by atoms with E-state index in [4.69, 9.17) is 21.8 Å². The maximum Gasteiger partial charge on any atom is 0.417 e. The van der Waals surface area contributed by atoms with E-state index in [2.05, 4.69) is 9.72 Å². The van der Waals surface area contributed by atoms with Gasteiger partial charge in [-0.1, -0.05) is 11.6 Å². The van der Waals surface area contributed by atoms with Crippen LogP contribution in [0.5, 0.6) is 0 Å². The van der Waals surface area contributed by atoms with Gasteiger partial charge in [0.05, 0.1) is 34.7 Å². The van der Waals surface area contributed by atoms with E-state index >= 15 is 0 Å². The number of alkyl halides is 3. The predicted octanol–water partition coefficient (Wildman–Crippen LogP) is 3.93. The lowest BCUT2D eigenvalue weighted by atomic mass is 9.96. The quantitative estimate of drug-likeness (QED) is 0.156. The summed E-state index contributed by atoms with van der Waals surface area (Å²) < 4.78 is 74.3. The molecule has 0 aliphatic heterocycles. The Hall–Kier alpha value is -2.45. The first-order valence-electron chi connectivity index (χ1n) is 9.85. The molecule has 7 nitrogen and oxygen atoms in total. The first kappa shape index (κ1) is 28.8. The zero-order chi connectivity index (χ0) is 26.3. The van der Waals surface area contributed by atoms with Crippen molar-refractivity contribution in [3.63, 3.8) is 0 Å². The van der Waals surface area contributed by atoms with Gasteiger partial charge in [0.25, 0.3) is 5.56 Å². The number of aromatic amines is 2. The third-order valence-electron chi connectivity index (χ3n) is 4.42. The van der Waals surface area contributed by atoms with Crippen LogP contribution in [0.2, 0.25) is 5.02 Å². The van der Waals surface area contributed by atoms with Gasteiger partial charge in [-0.25, -0.2) is 13.6 Å². The number of hydrogen-bond donors (Lipinski definition) is 4. The van der Waals surface area contributed by atoms with Gasteiger partial charge in [0.15, 0.2) is 0 Å². The molecule has 0 bridgehead atoms. The summed E-state index contributed by atoms with van der Waals surface area (Å²) in [5.41, 5.74) is -4.98. The van der Waals surface area contributed by atoms with Gasteiger partial charge in [-0.3, -0.25) is 9.78 Å². The monoisotopic (exact) mass is 542 g/mol. The Bertz CT molecular complexity index is 1290. The lowest BCUT2D eigenvalue weighted by Crippen LogP contribution is -2.23. The van der Waals surface area contributed by atoms with E-state index in [1.54, 1.807) is 7.11 Å². The number of fused-ring (bicyclic) bond motifs is 1. The van der Waals surface area contributed by atoms with Gasteiger partial charge >= 0.3 is 11.9 Å². The second-order valence-corrected chi connectivity index (χ2v) is 8.36. The van der Waals surface area contributed by atoms with Crippen molar-refractivity contribution in [2.45, 2.75) is 17.5 Å². The molecule has 192 valence electrons. The molecule has 14 heteroatoms. The second-order valence-electron chi connectivity index (χ2n) is 6.85. The average Bonchev–Trinajstić information content (AvgIpc) is 2.76. The smallest absolute Gasteiger partial charge is 0.396 e. The summed E-state index contributed by atoms with van der Waals surface area (Å²) in [6.45, 7) is 0.295. The summed E-state index contributed by atoms with van der Waals surface area (Å²) in [7, 11) is 1.55. The molecule has 0 unspecified atom stereocenters. The van der Waals surface area contributed by atoms with Crippen LogP contribution in [0.15, 0.2) is 32.7 Å². The number of methoxy groups -OCH3 is 1. The van der Waals surface area contributed by atoms with E-state index < -0.39 is 56.2 Å². The summed E-state index contributed by atoms with van der Waals surface area (Å²) >= 11 is 6.45. The van der Waals surface area contributed by atoms with Gasteiger partial charge in [0.2, 0.25) is 0 Å². The molecule has 0 aliphatic carbocycles. The second kappa shape index (κ2) is 12.5. The fourth-order valence-electron chi connectivity index (χ4n) is 2.96. The van der Waals surface area contributed by atoms with Gasteiger partial charge in [0.1, 0.15) is 11.6 Å². The number of H-pyrrole nitrogens is 2. The third kappa shape index (κ3) is 7.04. The first-order chi connectivity index (χ1) is 16.5. The highest BCUT2D eigenvalue weighted by atomic mass is 35.5. The van der Waals surface area contributed by atoms with Crippen LogP contribution in [0.4, 0.5) is 22.0 Å². The van der Waals surface area contributed by atoms with Crippen LogP contribution in [-0.4, -0.2) is 52.9 Å². The third-order valence-corrected chi connectivity index (χ3v) is 5.90. The van der Waals surface area contributed by atoms with Gasteiger partial charge in [-0.15, -0.1) is 11.8 Å². The number of ether oxygens (including phenoxy) is 1. The van der Waals surface area contributed by atoms with Crippen LogP contribution in [0, 0.1) is 11.6 Å². The van der Waals surface area contributed by atoms with Crippen molar-refractivity contribution in [1.82, 2.24) is 9.97 Å². The molecule has 3 rings (SSSR count). The minimum atomic E-state index is -5.02. The van der Waals surface area contributed by atoms with Crippen molar-refractivity contribution in [2.24, 2.45) is 0 Å². The predicted molar refractivity (Wildman–Crippen MR) is 122 cm³/mol. The fraction of sp³-hybridized carbons (Fsp3) is 0.333. The summed E-state index contributed by atoms with van der Waals surface area (Å²) in [6.07, 6.45) is -4.85. The number of aliphatic hydroxyl groups excluding tert-OH is 2. The van der Waals surface area contributed by atoms with E-state index in [9.17, 15) is 31.5 Å². The maximum atomic E-state index is 14.6. The molecular formula is C21H20ClF5N2O5S. The zero-order valence-corrected chi connectivity index (χ0v) is 19.6. The van der Waals surface area contributed by atoms with Crippen LogP contribution in [0.1, 0.15) is 12.0 Å². The number of rotatable bonds is 7. The molecular weight excluding hydrogens is 523 g/mol. The van der Waals surface area contributed by atoms with E-state index in [1.165, 1.54) is 0 Å². The van der Waals surface area contributed by atoms with Crippen LogP contribution in [-0.2, 0) is 10.9 Å². The Kier molecular flexibility index (Phi) is 10.3. The Labute approximate surface area is 203 Å². The molecule has 1 heterocycles. The Balaban J connectivity index is 0.000000784. The van der Waals surface area contributed by atoms with Crippen molar-refractivity contribution < 1.29 is 36.9 Å². The Morgan fingerprint density at radius 2 is 1.74 bits per heavy atom. The summed E-state index contributed by atoms with van der Waals surface area (Å²) in [4.78, 5) is 27.8. The highest BCUT2D eigenvalue weighted by Crippen LogP contribution is 2.46. The minimum Gasteiger partial charge on any atom is -0.396 e. The summed E-state index contributed by atoms with van der Waals surface area (Å²) in [6, 6.07) is 1.56. The number of aliphatic hydroxyl groups is 2. The van der Waals surface area contributed by atoms with E-state index in [0.29, 0.717) is 24.8 Å². The number of benzene rings is 2. The van der Waals surface area contributed by atoms with Gasteiger partial charge in [0, 0.05) is 41.6 Å². The molecule has 0 atom stereocenters. The SMILES string of the molecule is COCCO.O=c1[nH]c(=O)c2cc(C(F)(F)F)c(-c3cc(Cl)c(F)cc3F)c(SCCCO)c2[nH]1. The van der Waals surface area contributed by atoms with Crippen LogP contribution < -0.4 is 11.2 Å². The van der Waals surface area contributed by atoms with Crippen molar-refractivity contribution in [3.8, 4) is 11.1 Å². The zero-order valence-electron chi connectivity index (χ0n) is 18.1. The van der Waals surface area contributed by atoms with E-state index in [0.717, 1.165) is 11.8 Å². The first-order valence-corrected chi connectivity index (χ1v) is 11.2. The average molecular weight is 543 g/mol. The number of hydrogen-bond acceptors (Lipinski definition) is 6.